The fourth-order valence-corrected chi connectivity index (χ4v) is 0.656. The summed E-state index contributed by atoms with van der Waals surface area (Å²) in [5, 5.41) is 8.04. The number of hydrogen-bond acceptors (Lipinski definition) is 3. The lowest BCUT2D eigenvalue weighted by atomic mass is 10.3. The molecular weight excluding hydrogens is 177 g/mol. The fraction of sp³-hybridized carbons (Fsp3) is 0.875. The molecule has 2 atom stereocenters. The maximum absolute atomic E-state index is 11.5. The standard InChI is InChI=1S/C4H10FN.C4H6O3/c1-2-3-4(5)6;5-4(6)1-3-2-7-3/h4H,2-3,6H2,1H3;3H,1-2H2,(H,5,6)/t4-;/m1./s1. The summed E-state index contributed by atoms with van der Waals surface area (Å²) < 4.78 is 16.1. The lowest BCUT2D eigenvalue weighted by molar-refractivity contribution is -0.137. The van der Waals surface area contributed by atoms with Crippen molar-refractivity contribution in [3.63, 3.8) is 0 Å². The fourth-order valence-electron chi connectivity index (χ4n) is 0.656. The second-order valence-electron chi connectivity index (χ2n) is 2.86. The molecule has 1 fully saturated rings. The molecule has 1 saturated heterocycles. The van der Waals surface area contributed by atoms with Gasteiger partial charge in [-0.05, 0) is 6.42 Å². The molecule has 0 aromatic heterocycles. The molecule has 0 aromatic carbocycles. The zero-order valence-corrected chi connectivity index (χ0v) is 7.70. The molecular formula is C8H16FNO3. The number of hydrogen-bond donors (Lipinski definition) is 2. The summed E-state index contributed by atoms with van der Waals surface area (Å²) in [6, 6.07) is 0. The van der Waals surface area contributed by atoms with E-state index >= 15 is 0 Å². The molecule has 0 bridgehead atoms. The summed E-state index contributed by atoms with van der Waals surface area (Å²) >= 11 is 0. The molecule has 4 nitrogen and oxygen atoms in total. The van der Waals surface area contributed by atoms with Gasteiger partial charge in [-0.1, -0.05) is 13.3 Å². The molecule has 1 aliphatic rings. The molecule has 0 aliphatic carbocycles. The van der Waals surface area contributed by atoms with Crippen LogP contribution in [0.25, 0.3) is 0 Å². The maximum Gasteiger partial charge on any atom is 0.306 e. The van der Waals surface area contributed by atoms with Crippen molar-refractivity contribution in [1.29, 1.82) is 0 Å². The Bertz CT molecular complexity index is 148. The van der Waals surface area contributed by atoms with E-state index in [4.69, 9.17) is 10.8 Å². The summed E-state index contributed by atoms with van der Waals surface area (Å²) in [7, 11) is 0. The van der Waals surface area contributed by atoms with E-state index < -0.39 is 12.3 Å². The zero-order valence-electron chi connectivity index (χ0n) is 7.70. The van der Waals surface area contributed by atoms with Gasteiger partial charge < -0.3 is 15.6 Å². The number of carbonyl (C=O) groups is 1. The van der Waals surface area contributed by atoms with Crippen molar-refractivity contribution in [2.75, 3.05) is 6.61 Å². The van der Waals surface area contributed by atoms with E-state index in [1.165, 1.54) is 0 Å². The Hall–Kier alpha value is -0.680. The Balaban J connectivity index is 0.000000226. The van der Waals surface area contributed by atoms with Gasteiger partial charge in [-0.15, -0.1) is 0 Å². The second kappa shape index (κ2) is 6.80. The molecule has 13 heavy (non-hydrogen) atoms. The number of carboxylic acid groups (broad SMARTS) is 1. The molecule has 0 amide bonds. The minimum absolute atomic E-state index is 0.0255. The maximum atomic E-state index is 11.5. The first-order valence-electron chi connectivity index (χ1n) is 4.29. The molecule has 1 aliphatic heterocycles. The van der Waals surface area contributed by atoms with Crippen molar-refractivity contribution in [1.82, 2.24) is 0 Å². The number of carboxylic acids is 1. The van der Waals surface area contributed by atoms with Crippen molar-refractivity contribution in [3.8, 4) is 0 Å². The van der Waals surface area contributed by atoms with E-state index in [-0.39, 0.29) is 12.5 Å². The molecule has 0 spiro atoms. The Labute approximate surface area is 76.9 Å². The third-order valence-corrected chi connectivity index (χ3v) is 1.37. The van der Waals surface area contributed by atoms with Gasteiger partial charge in [-0.2, -0.15) is 0 Å². The van der Waals surface area contributed by atoms with E-state index in [0.717, 1.165) is 6.42 Å². The lowest BCUT2D eigenvalue weighted by Crippen LogP contribution is -2.11. The van der Waals surface area contributed by atoms with Crippen LogP contribution in [-0.2, 0) is 9.53 Å². The summed E-state index contributed by atoms with van der Waals surface area (Å²) in [6.45, 7) is 2.53. The highest BCUT2D eigenvalue weighted by molar-refractivity contribution is 5.67. The monoisotopic (exact) mass is 193 g/mol. The second-order valence-corrected chi connectivity index (χ2v) is 2.86. The van der Waals surface area contributed by atoms with Crippen LogP contribution in [0.1, 0.15) is 26.2 Å². The van der Waals surface area contributed by atoms with Crippen LogP contribution in [0.2, 0.25) is 0 Å². The largest absolute Gasteiger partial charge is 0.481 e. The smallest absolute Gasteiger partial charge is 0.306 e. The zero-order chi connectivity index (χ0) is 10.3. The predicted octanol–water partition coefficient (Wildman–Crippen LogP) is 0.901. The first kappa shape index (κ1) is 12.3. The number of rotatable bonds is 4. The average Bonchev–Trinajstić information content (AvgIpc) is 2.71. The quantitative estimate of drug-likeness (QED) is 0.513. The minimum atomic E-state index is -1.10. The first-order valence-corrected chi connectivity index (χ1v) is 4.29. The molecule has 0 radical (unpaired) electrons. The lowest BCUT2D eigenvalue weighted by Gasteiger charge is -1.92. The van der Waals surface area contributed by atoms with Crippen molar-refractivity contribution < 1.29 is 19.0 Å². The Morgan fingerprint density at radius 2 is 2.38 bits per heavy atom. The van der Waals surface area contributed by atoms with E-state index in [1.54, 1.807) is 0 Å². The van der Waals surface area contributed by atoms with Gasteiger partial charge in [0.15, 0.2) is 0 Å². The van der Waals surface area contributed by atoms with E-state index in [0.29, 0.717) is 13.0 Å². The van der Waals surface area contributed by atoms with E-state index in [2.05, 4.69) is 4.74 Å². The van der Waals surface area contributed by atoms with Crippen molar-refractivity contribution in [2.45, 2.75) is 38.6 Å². The number of alkyl halides is 1. The van der Waals surface area contributed by atoms with Crippen LogP contribution in [-0.4, -0.2) is 30.1 Å². The number of aliphatic carboxylic acids is 1. The summed E-state index contributed by atoms with van der Waals surface area (Å²) in [4.78, 5) is 9.77. The third-order valence-electron chi connectivity index (χ3n) is 1.37. The van der Waals surface area contributed by atoms with Gasteiger partial charge in [-0.3, -0.25) is 4.79 Å². The van der Waals surface area contributed by atoms with Crippen LogP contribution in [0.5, 0.6) is 0 Å². The number of epoxide rings is 1. The van der Waals surface area contributed by atoms with Gasteiger partial charge in [0.2, 0.25) is 0 Å². The molecule has 1 unspecified atom stereocenters. The van der Waals surface area contributed by atoms with Crippen LogP contribution in [0.15, 0.2) is 0 Å². The summed E-state index contributed by atoms with van der Waals surface area (Å²) in [5.41, 5.74) is 4.74. The van der Waals surface area contributed by atoms with Gasteiger partial charge in [-0.25, -0.2) is 4.39 Å². The van der Waals surface area contributed by atoms with Crippen molar-refractivity contribution in [2.24, 2.45) is 5.73 Å². The molecule has 1 rings (SSSR count). The van der Waals surface area contributed by atoms with Gasteiger partial charge in [0, 0.05) is 0 Å². The molecule has 0 aromatic rings. The van der Waals surface area contributed by atoms with Crippen molar-refractivity contribution in [3.05, 3.63) is 0 Å². The highest BCUT2D eigenvalue weighted by atomic mass is 19.1. The van der Waals surface area contributed by atoms with Crippen LogP contribution in [0, 0.1) is 0 Å². The highest BCUT2D eigenvalue weighted by Gasteiger charge is 2.24. The third kappa shape index (κ3) is 11.3. The Morgan fingerprint density at radius 1 is 1.85 bits per heavy atom. The summed E-state index contributed by atoms with van der Waals surface area (Å²) in [6.07, 6.45) is 0.407. The first-order chi connectivity index (χ1) is 6.06. The number of nitrogens with two attached hydrogens (primary N) is 1. The Morgan fingerprint density at radius 3 is 2.46 bits per heavy atom. The molecule has 3 N–H and O–H groups in total. The van der Waals surface area contributed by atoms with Crippen LogP contribution >= 0.6 is 0 Å². The minimum Gasteiger partial charge on any atom is -0.481 e. The van der Waals surface area contributed by atoms with Crippen LogP contribution in [0.4, 0.5) is 4.39 Å². The molecule has 5 heteroatoms. The molecule has 0 saturated carbocycles. The Kier molecular flexibility index (Phi) is 6.44. The van der Waals surface area contributed by atoms with Gasteiger partial charge in [0.25, 0.3) is 0 Å². The number of ether oxygens (including phenoxy) is 1. The molecule has 78 valence electrons. The number of halogens is 1. The van der Waals surface area contributed by atoms with Gasteiger partial charge >= 0.3 is 5.97 Å². The van der Waals surface area contributed by atoms with E-state index in [1.807, 2.05) is 6.92 Å². The topological polar surface area (TPSA) is 75.9 Å². The predicted molar refractivity (Wildman–Crippen MR) is 46.0 cm³/mol. The van der Waals surface area contributed by atoms with Gasteiger partial charge in [0.1, 0.15) is 6.30 Å². The van der Waals surface area contributed by atoms with Gasteiger partial charge in [0.05, 0.1) is 19.1 Å². The summed E-state index contributed by atoms with van der Waals surface area (Å²) in [5.74, 6) is -0.775. The van der Waals surface area contributed by atoms with Crippen LogP contribution < -0.4 is 5.73 Å². The average molecular weight is 193 g/mol. The molecule has 1 heterocycles. The van der Waals surface area contributed by atoms with Crippen molar-refractivity contribution >= 4 is 5.97 Å². The normalized spacial score (nSPS) is 21.3. The van der Waals surface area contributed by atoms with Crippen LogP contribution in [0.3, 0.4) is 0 Å². The highest BCUT2D eigenvalue weighted by Crippen LogP contribution is 2.12. The van der Waals surface area contributed by atoms with E-state index in [9.17, 15) is 9.18 Å². The SMILES string of the molecule is CCC[C@@H](N)F.O=C(O)CC1CO1.